The Hall–Kier alpha value is -2.70. The van der Waals surface area contributed by atoms with Crippen LogP contribution in [0.1, 0.15) is 20.3 Å². The number of hydrogen-bond acceptors (Lipinski definition) is 6. The zero-order valence-electron chi connectivity index (χ0n) is 12.5. The Morgan fingerprint density at radius 2 is 1.95 bits per heavy atom. The van der Waals surface area contributed by atoms with Crippen LogP contribution >= 0.6 is 0 Å². The summed E-state index contributed by atoms with van der Waals surface area (Å²) in [5.41, 5.74) is 3.57. The van der Waals surface area contributed by atoms with Gasteiger partial charge in [-0.1, -0.05) is 18.2 Å². The standard InChI is InChI=1S/C15H19N3O4/c1-11(12(2)19)17-14(20)10-15(21)22-9-8-16-18-13-6-4-3-5-7-13/h3-8,11,18H,9-10H2,1-2H3,(H,17,20). The van der Waals surface area contributed by atoms with Crippen LogP contribution < -0.4 is 10.7 Å². The molecule has 118 valence electrons. The van der Waals surface area contributed by atoms with E-state index in [1.807, 2.05) is 30.3 Å². The highest BCUT2D eigenvalue weighted by molar-refractivity contribution is 5.96. The van der Waals surface area contributed by atoms with E-state index < -0.39 is 24.3 Å². The van der Waals surface area contributed by atoms with Crippen molar-refractivity contribution in [3.8, 4) is 0 Å². The summed E-state index contributed by atoms with van der Waals surface area (Å²) in [6, 6.07) is 8.66. The average Bonchev–Trinajstić information content (AvgIpc) is 2.47. The summed E-state index contributed by atoms with van der Waals surface area (Å²) in [5.74, 6) is -1.41. The highest BCUT2D eigenvalue weighted by Gasteiger charge is 2.15. The summed E-state index contributed by atoms with van der Waals surface area (Å²) in [4.78, 5) is 33.8. The first-order chi connectivity index (χ1) is 10.5. The molecule has 0 spiro atoms. The number of carbonyl (C=O) groups is 3. The van der Waals surface area contributed by atoms with E-state index in [9.17, 15) is 14.4 Å². The molecule has 1 amide bonds. The second kappa shape index (κ2) is 9.28. The topological polar surface area (TPSA) is 96.9 Å². The van der Waals surface area contributed by atoms with Gasteiger partial charge in [0, 0.05) is 0 Å². The zero-order valence-corrected chi connectivity index (χ0v) is 12.5. The Labute approximate surface area is 128 Å². The van der Waals surface area contributed by atoms with Gasteiger partial charge in [0.15, 0.2) is 5.78 Å². The van der Waals surface area contributed by atoms with Crippen LogP contribution in [0.2, 0.25) is 0 Å². The van der Waals surface area contributed by atoms with Crippen LogP contribution in [0.5, 0.6) is 0 Å². The number of nitrogens with zero attached hydrogens (tertiary/aromatic N) is 1. The molecule has 0 radical (unpaired) electrons. The van der Waals surface area contributed by atoms with E-state index in [1.165, 1.54) is 13.1 Å². The summed E-state index contributed by atoms with van der Waals surface area (Å²) >= 11 is 0. The monoisotopic (exact) mass is 305 g/mol. The maximum atomic E-state index is 11.4. The van der Waals surface area contributed by atoms with Gasteiger partial charge in [-0.2, -0.15) is 5.10 Å². The van der Waals surface area contributed by atoms with E-state index in [0.29, 0.717) is 0 Å². The van der Waals surface area contributed by atoms with Crippen LogP contribution in [0.4, 0.5) is 5.69 Å². The molecule has 7 heteroatoms. The van der Waals surface area contributed by atoms with Gasteiger partial charge in [-0.05, 0) is 26.0 Å². The molecule has 0 heterocycles. The van der Waals surface area contributed by atoms with Crippen LogP contribution in [-0.2, 0) is 19.1 Å². The third-order valence-corrected chi connectivity index (χ3v) is 2.67. The van der Waals surface area contributed by atoms with Crippen molar-refractivity contribution < 1.29 is 19.1 Å². The molecule has 1 unspecified atom stereocenters. The number of hydrogen-bond donors (Lipinski definition) is 2. The lowest BCUT2D eigenvalue weighted by Gasteiger charge is -2.09. The zero-order chi connectivity index (χ0) is 16.4. The molecule has 0 fully saturated rings. The first kappa shape index (κ1) is 17.4. The highest BCUT2D eigenvalue weighted by Crippen LogP contribution is 2.03. The van der Waals surface area contributed by atoms with Crippen molar-refractivity contribution in [3.63, 3.8) is 0 Å². The van der Waals surface area contributed by atoms with Gasteiger partial charge < -0.3 is 10.1 Å². The molecule has 1 atom stereocenters. The molecule has 0 saturated heterocycles. The number of amides is 1. The Balaban J connectivity index is 2.20. The van der Waals surface area contributed by atoms with Crippen molar-refractivity contribution in [2.45, 2.75) is 26.3 Å². The fourth-order valence-electron chi connectivity index (χ4n) is 1.38. The number of hydrazone groups is 1. The van der Waals surface area contributed by atoms with E-state index in [4.69, 9.17) is 4.74 Å². The number of benzene rings is 1. The van der Waals surface area contributed by atoms with Gasteiger partial charge in [0.2, 0.25) is 5.91 Å². The SMILES string of the molecule is CC(=O)C(C)NC(=O)CC(=O)OCC=NNc1ccccc1. The fourth-order valence-corrected chi connectivity index (χ4v) is 1.38. The number of Topliss-reactive ketones (excluding diaryl/α,β-unsaturated/α-hetero) is 1. The minimum Gasteiger partial charge on any atom is -0.459 e. The largest absolute Gasteiger partial charge is 0.459 e. The minimum absolute atomic E-state index is 0.0474. The van der Waals surface area contributed by atoms with Crippen molar-refractivity contribution >= 4 is 29.6 Å². The molecule has 7 nitrogen and oxygen atoms in total. The van der Waals surface area contributed by atoms with Crippen molar-refractivity contribution in [1.82, 2.24) is 5.32 Å². The minimum atomic E-state index is -0.681. The first-order valence-corrected chi connectivity index (χ1v) is 6.77. The molecule has 1 aromatic carbocycles. The number of rotatable bonds is 8. The molecule has 0 aliphatic rings. The van der Waals surface area contributed by atoms with Crippen LogP contribution in [0.15, 0.2) is 35.4 Å². The van der Waals surface area contributed by atoms with Crippen LogP contribution in [0.3, 0.4) is 0 Å². The summed E-state index contributed by atoms with van der Waals surface area (Å²) in [6.45, 7) is 2.86. The molecule has 1 rings (SSSR count). The predicted molar refractivity (Wildman–Crippen MR) is 82.4 cm³/mol. The fraction of sp³-hybridized carbons (Fsp3) is 0.333. The molecule has 1 aromatic rings. The second-order valence-electron chi connectivity index (χ2n) is 4.55. The third kappa shape index (κ3) is 7.18. The van der Waals surface area contributed by atoms with Crippen molar-refractivity contribution in [1.29, 1.82) is 0 Å². The van der Waals surface area contributed by atoms with E-state index in [-0.39, 0.29) is 12.4 Å². The smallest absolute Gasteiger partial charge is 0.315 e. The summed E-state index contributed by atoms with van der Waals surface area (Å²) in [5, 5.41) is 6.26. The van der Waals surface area contributed by atoms with E-state index in [1.54, 1.807) is 6.92 Å². The van der Waals surface area contributed by atoms with Crippen LogP contribution in [0, 0.1) is 0 Å². The third-order valence-electron chi connectivity index (χ3n) is 2.67. The molecular formula is C15H19N3O4. The van der Waals surface area contributed by atoms with E-state index in [2.05, 4.69) is 15.8 Å². The van der Waals surface area contributed by atoms with Gasteiger partial charge in [-0.15, -0.1) is 0 Å². The summed E-state index contributed by atoms with van der Waals surface area (Å²) in [7, 11) is 0. The van der Waals surface area contributed by atoms with Gasteiger partial charge >= 0.3 is 5.97 Å². The lowest BCUT2D eigenvalue weighted by atomic mass is 10.2. The van der Waals surface area contributed by atoms with Gasteiger partial charge in [0.05, 0.1) is 17.9 Å². The molecular weight excluding hydrogens is 286 g/mol. The molecule has 0 aliphatic heterocycles. The maximum absolute atomic E-state index is 11.4. The van der Waals surface area contributed by atoms with Crippen molar-refractivity contribution in [2.24, 2.45) is 5.10 Å². The predicted octanol–water partition coefficient (Wildman–Crippen LogP) is 1.11. The van der Waals surface area contributed by atoms with E-state index in [0.717, 1.165) is 5.69 Å². The number of anilines is 1. The number of ether oxygens (including phenoxy) is 1. The summed E-state index contributed by atoms with van der Waals surface area (Å²) in [6.07, 6.45) is 0.943. The van der Waals surface area contributed by atoms with Gasteiger partial charge in [-0.25, -0.2) is 0 Å². The number of ketones is 1. The van der Waals surface area contributed by atoms with Crippen LogP contribution in [0.25, 0.3) is 0 Å². The Kier molecular flexibility index (Phi) is 7.32. The van der Waals surface area contributed by atoms with Crippen molar-refractivity contribution in [2.75, 3.05) is 12.0 Å². The second-order valence-corrected chi connectivity index (χ2v) is 4.55. The maximum Gasteiger partial charge on any atom is 0.315 e. The number of para-hydroxylation sites is 1. The molecule has 0 bridgehead atoms. The number of esters is 1. The molecule has 0 saturated carbocycles. The van der Waals surface area contributed by atoms with Gasteiger partial charge in [-0.3, -0.25) is 19.8 Å². The Bertz CT molecular complexity index is 543. The molecule has 0 aromatic heterocycles. The number of nitrogens with one attached hydrogen (secondary N) is 2. The molecule has 2 N–H and O–H groups in total. The quantitative estimate of drug-likeness (QED) is 0.324. The van der Waals surface area contributed by atoms with Crippen LogP contribution in [-0.4, -0.2) is 36.5 Å². The Morgan fingerprint density at radius 3 is 2.59 bits per heavy atom. The molecule has 22 heavy (non-hydrogen) atoms. The summed E-state index contributed by atoms with van der Waals surface area (Å²) < 4.78 is 4.82. The Morgan fingerprint density at radius 1 is 1.27 bits per heavy atom. The lowest BCUT2D eigenvalue weighted by Crippen LogP contribution is -2.38. The highest BCUT2D eigenvalue weighted by atomic mass is 16.5. The lowest BCUT2D eigenvalue weighted by molar-refractivity contribution is -0.145. The van der Waals surface area contributed by atoms with E-state index >= 15 is 0 Å². The van der Waals surface area contributed by atoms with Gasteiger partial charge in [0.1, 0.15) is 13.0 Å². The van der Waals surface area contributed by atoms with Gasteiger partial charge in [0.25, 0.3) is 0 Å². The van der Waals surface area contributed by atoms with Crippen molar-refractivity contribution in [3.05, 3.63) is 30.3 Å². The number of carbonyl (C=O) groups excluding carboxylic acids is 3. The normalized spacial score (nSPS) is 11.7. The molecule has 0 aliphatic carbocycles. The average molecular weight is 305 g/mol. The first-order valence-electron chi connectivity index (χ1n) is 6.77.